The zero-order valence-electron chi connectivity index (χ0n) is 11.3. The standard InChI is InChI=1S/C13H13N3O4/c1-7-8(12(17)19-2)9(13(18)20-3)10(16-7)11-14-5-4-6-15-11/h4-6,16H,1-3H3. The molecule has 0 radical (unpaired) electrons. The molecule has 7 nitrogen and oxygen atoms in total. The van der Waals surface area contributed by atoms with Crippen LogP contribution in [0.3, 0.4) is 0 Å². The molecule has 104 valence electrons. The van der Waals surface area contributed by atoms with Crippen LogP contribution in [0, 0.1) is 6.92 Å². The molecule has 0 aromatic carbocycles. The molecule has 2 rings (SSSR count). The lowest BCUT2D eigenvalue weighted by Gasteiger charge is -2.04. The number of aryl methyl sites for hydroxylation is 1. The first-order chi connectivity index (χ1) is 9.60. The summed E-state index contributed by atoms with van der Waals surface area (Å²) in [5.41, 5.74) is 1.01. The van der Waals surface area contributed by atoms with Crippen LogP contribution in [0.2, 0.25) is 0 Å². The number of aromatic amines is 1. The van der Waals surface area contributed by atoms with E-state index in [1.165, 1.54) is 26.6 Å². The van der Waals surface area contributed by atoms with E-state index in [2.05, 4.69) is 15.0 Å². The van der Waals surface area contributed by atoms with Gasteiger partial charge in [0.15, 0.2) is 5.82 Å². The molecule has 0 saturated carbocycles. The van der Waals surface area contributed by atoms with Crippen molar-refractivity contribution in [2.75, 3.05) is 14.2 Å². The molecule has 0 aliphatic heterocycles. The van der Waals surface area contributed by atoms with Crippen LogP contribution in [0.4, 0.5) is 0 Å². The van der Waals surface area contributed by atoms with Crippen molar-refractivity contribution in [2.45, 2.75) is 6.92 Å². The minimum absolute atomic E-state index is 0.0723. The van der Waals surface area contributed by atoms with Crippen LogP contribution in [-0.2, 0) is 9.47 Å². The van der Waals surface area contributed by atoms with Crippen molar-refractivity contribution >= 4 is 11.9 Å². The van der Waals surface area contributed by atoms with E-state index in [4.69, 9.17) is 9.47 Å². The molecule has 0 saturated heterocycles. The zero-order chi connectivity index (χ0) is 14.7. The molecule has 0 aliphatic rings. The van der Waals surface area contributed by atoms with E-state index >= 15 is 0 Å². The predicted molar refractivity (Wildman–Crippen MR) is 69.2 cm³/mol. The molecule has 0 unspecified atom stereocenters. The van der Waals surface area contributed by atoms with Crippen molar-refractivity contribution < 1.29 is 19.1 Å². The third-order valence-electron chi connectivity index (χ3n) is 2.76. The van der Waals surface area contributed by atoms with Gasteiger partial charge in [0, 0.05) is 18.1 Å². The summed E-state index contributed by atoms with van der Waals surface area (Å²) >= 11 is 0. The second-order valence-corrected chi connectivity index (χ2v) is 3.93. The highest BCUT2D eigenvalue weighted by Crippen LogP contribution is 2.27. The predicted octanol–water partition coefficient (Wildman–Crippen LogP) is 1.35. The maximum Gasteiger partial charge on any atom is 0.341 e. The molecule has 0 amide bonds. The summed E-state index contributed by atoms with van der Waals surface area (Å²) in [6, 6.07) is 1.65. The van der Waals surface area contributed by atoms with Gasteiger partial charge in [-0.3, -0.25) is 0 Å². The Kier molecular flexibility index (Phi) is 3.79. The number of hydrogen-bond acceptors (Lipinski definition) is 6. The normalized spacial score (nSPS) is 10.2. The lowest BCUT2D eigenvalue weighted by atomic mass is 10.1. The van der Waals surface area contributed by atoms with E-state index in [0.717, 1.165) is 0 Å². The summed E-state index contributed by atoms with van der Waals surface area (Å²) in [7, 11) is 2.48. The molecule has 0 spiro atoms. The van der Waals surface area contributed by atoms with Crippen LogP contribution in [0.25, 0.3) is 11.5 Å². The molecule has 2 heterocycles. The van der Waals surface area contributed by atoms with Crippen LogP contribution in [0.15, 0.2) is 18.5 Å². The fourth-order valence-corrected chi connectivity index (χ4v) is 1.88. The summed E-state index contributed by atoms with van der Waals surface area (Å²) in [6.07, 6.45) is 3.08. The first-order valence-corrected chi connectivity index (χ1v) is 5.76. The Balaban J connectivity index is 2.70. The van der Waals surface area contributed by atoms with Crippen molar-refractivity contribution in [2.24, 2.45) is 0 Å². The lowest BCUT2D eigenvalue weighted by Crippen LogP contribution is -2.11. The van der Waals surface area contributed by atoms with Gasteiger partial charge in [0.05, 0.1) is 25.5 Å². The summed E-state index contributed by atoms with van der Waals surface area (Å²) in [5, 5.41) is 0. The molecule has 0 bridgehead atoms. The Morgan fingerprint density at radius 2 is 1.60 bits per heavy atom. The van der Waals surface area contributed by atoms with Crippen LogP contribution in [-0.4, -0.2) is 41.1 Å². The van der Waals surface area contributed by atoms with Crippen LogP contribution in [0.1, 0.15) is 26.4 Å². The van der Waals surface area contributed by atoms with Gasteiger partial charge in [-0.1, -0.05) is 0 Å². The minimum Gasteiger partial charge on any atom is -0.465 e. The lowest BCUT2D eigenvalue weighted by molar-refractivity contribution is 0.0556. The first kappa shape index (κ1) is 13.7. The molecular weight excluding hydrogens is 262 g/mol. The highest BCUT2D eigenvalue weighted by Gasteiger charge is 2.29. The van der Waals surface area contributed by atoms with E-state index in [1.807, 2.05) is 0 Å². The smallest absolute Gasteiger partial charge is 0.341 e. The average molecular weight is 275 g/mol. The molecular formula is C13H13N3O4. The highest BCUT2D eigenvalue weighted by atomic mass is 16.5. The van der Waals surface area contributed by atoms with E-state index in [1.54, 1.807) is 13.0 Å². The molecule has 2 aromatic rings. The maximum absolute atomic E-state index is 12.0. The Bertz CT molecular complexity index is 649. The number of carbonyl (C=O) groups is 2. The third-order valence-corrected chi connectivity index (χ3v) is 2.76. The average Bonchev–Trinajstić information content (AvgIpc) is 2.84. The van der Waals surface area contributed by atoms with Gasteiger partial charge >= 0.3 is 11.9 Å². The number of hydrogen-bond donors (Lipinski definition) is 1. The van der Waals surface area contributed by atoms with E-state index in [9.17, 15) is 9.59 Å². The molecule has 1 N–H and O–H groups in total. The molecule has 7 heteroatoms. The van der Waals surface area contributed by atoms with Gasteiger partial charge in [0.2, 0.25) is 0 Å². The fraction of sp³-hybridized carbons (Fsp3) is 0.231. The van der Waals surface area contributed by atoms with Gasteiger partial charge in [0.25, 0.3) is 0 Å². The number of esters is 2. The van der Waals surface area contributed by atoms with Gasteiger partial charge in [-0.15, -0.1) is 0 Å². The Hall–Kier alpha value is -2.70. The number of ether oxygens (including phenoxy) is 2. The SMILES string of the molecule is COC(=O)c1c(C)[nH]c(-c2ncccn2)c1C(=O)OC. The number of methoxy groups -OCH3 is 2. The van der Waals surface area contributed by atoms with Gasteiger partial charge in [-0.05, 0) is 13.0 Å². The second kappa shape index (κ2) is 5.52. The Morgan fingerprint density at radius 3 is 2.15 bits per heavy atom. The summed E-state index contributed by atoms with van der Waals surface area (Å²) < 4.78 is 9.42. The molecule has 2 aromatic heterocycles. The molecule has 0 fully saturated rings. The molecule has 0 atom stereocenters. The number of aromatic nitrogens is 3. The van der Waals surface area contributed by atoms with Crippen LogP contribution in [0.5, 0.6) is 0 Å². The fourth-order valence-electron chi connectivity index (χ4n) is 1.88. The molecule has 0 aliphatic carbocycles. The largest absolute Gasteiger partial charge is 0.465 e. The number of nitrogens with one attached hydrogen (secondary N) is 1. The molecule has 20 heavy (non-hydrogen) atoms. The Morgan fingerprint density at radius 1 is 1.05 bits per heavy atom. The Labute approximate surface area is 115 Å². The highest BCUT2D eigenvalue weighted by molar-refractivity contribution is 6.08. The second-order valence-electron chi connectivity index (χ2n) is 3.93. The van der Waals surface area contributed by atoms with Crippen molar-refractivity contribution in [3.63, 3.8) is 0 Å². The number of H-pyrrole nitrogens is 1. The van der Waals surface area contributed by atoms with Gasteiger partial charge in [0.1, 0.15) is 5.56 Å². The quantitative estimate of drug-likeness (QED) is 0.850. The van der Waals surface area contributed by atoms with Gasteiger partial charge in [-0.2, -0.15) is 0 Å². The van der Waals surface area contributed by atoms with E-state index in [-0.39, 0.29) is 11.1 Å². The van der Waals surface area contributed by atoms with Gasteiger partial charge < -0.3 is 14.5 Å². The number of rotatable bonds is 3. The van der Waals surface area contributed by atoms with Crippen molar-refractivity contribution in [3.05, 3.63) is 35.3 Å². The van der Waals surface area contributed by atoms with E-state index in [0.29, 0.717) is 17.2 Å². The summed E-state index contributed by atoms with van der Waals surface area (Å²) in [5.74, 6) is -0.982. The van der Waals surface area contributed by atoms with Crippen molar-refractivity contribution in [3.8, 4) is 11.5 Å². The van der Waals surface area contributed by atoms with Gasteiger partial charge in [-0.25, -0.2) is 19.6 Å². The zero-order valence-corrected chi connectivity index (χ0v) is 11.3. The van der Waals surface area contributed by atoms with E-state index < -0.39 is 11.9 Å². The summed E-state index contributed by atoms with van der Waals surface area (Å²) in [4.78, 5) is 34.8. The minimum atomic E-state index is -0.655. The van der Waals surface area contributed by atoms with Crippen molar-refractivity contribution in [1.82, 2.24) is 15.0 Å². The van der Waals surface area contributed by atoms with Crippen LogP contribution < -0.4 is 0 Å². The number of nitrogens with zero attached hydrogens (tertiary/aromatic N) is 2. The first-order valence-electron chi connectivity index (χ1n) is 5.76. The summed E-state index contributed by atoms with van der Waals surface area (Å²) in [6.45, 7) is 1.66. The topological polar surface area (TPSA) is 94.2 Å². The van der Waals surface area contributed by atoms with Crippen LogP contribution >= 0.6 is 0 Å². The maximum atomic E-state index is 12.0. The monoisotopic (exact) mass is 275 g/mol. The third kappa shape index (κ3) is 2.25. The number of carbonyl (C=O) groups excluding carboxylic acids is 2. The van der Waals surface area contributed by atoms with Crippen molar-refractivity contribution in [1.29, 1.82) is 0 Å².